The number of benzene rings is 2. The van der Waals surface area contributed by atoms with Crippen LogP contribution in [0.4, 0.5) is 11.4 Å². The zero-order chi connectivity index (χ0) is 26.6. The van der Waals surface area contributed by atoms with Crippen LogP contribution in [0, 0.1) is 17.0 Å². The van der Waals surface area contributed by atoms with Crippen molar-refractivity contribution in [2.45, 2.75) is 24.8 Å². The number of anilines is 1. The largest absolute Gasteiger partial charge is 0.492 e. The first-order valence-corrected chi connectivity index (χ1v) is 13.6. The molecule has 0 aromatic heterocycles. The van der Waals surface area contributed by atoms with Crippen molar-refractivity contribution < 1.29 is 31.3 Å². The van der Waals surface area contributed by atoms with E-state index in [1.54, 1.807) is 6.92 Å². The van der Waals surface area contributed by atoms with E-state index in [2.05, 4.69) is 5.32 Å². The van der Waals surface area contributed by atoms with E-state index in [9.17, 15) is 31.7 Å². The third-order valence-electron chi connectivity index (χ3n) is 5.00. The Bertz CT molecular complexity index is 1290. The molecule has 192 valence electrons. The second-order valence-electron chi connectivity index (χ2n) is 7.86. The minimum atomic E-state index is -3.96. The van der Waals surface area contributed by atoms with Crippen LogP contribution in [-0.4, -0.2) is 71.5 Å². The number of ether oxygens (including phenoxy) is 1. The fourth-order valence-corrected chi connectivity index (χ4v) is 5.27. The molecule has 2 aromatic rings. The highest BCUT2D eigenvalue weighted by molar-refractivity contribution is 7.92. The summed E-state index contributed by atoms with van der Waals surface area (Å²) >= 11 is 0. The Hall–Kier alpha value is -3.23. The zero-order valence-corrected chi connectivity index (χ0v) is 21.6. The average molecular weight is 529 g/mol. The number of hydrogen-bond donors (Lipinski definition) is 1. The second-order valence-corrected chi connectivity index (χ2v) is 11.9. The van der Waals surface area contributed by atoms with Crippen molar-refractivity contribution in [3.63, 3.8) is 0 Å². The molecule has 0 saturated heterocycles. The summed E-state index contributed by atoms with van der Waals surface area (Å²) in [5.74, 6) is -0.243. The molecule has 0 heterocycles. The monoisotopic (exact) mass is 528 g/mol. The smallest absolute Gasteiger partial charge is 0.271 e. The van der Waals surface area contributed by atoms with Crippen molar-refractivity contribution in [3.05, 3.63) is 58.1 Å². The Morgan fingerprint density at radius 3 is 2.23 bits per heavy atom. The maximum atomic E-state index is 12.7. The molecule has 2 aromatic carbocycles. The van der Waals surface area contributed by atoms with Crippen LogP contribution in [0.1, 0.15) is 12.5 Å². The van der Waals surface area contributed by atoms with Gasteiger partial charge in [0.1, 0.15) is 18.4 Å². The quantitative estimate of drug-likeness (QED) is 0.261. The van der Waals surface area contributed by atoms with Crippen LogP contribution < -0.4 is 14.4 Å². The molecule has 1 N–H and O–H groups in total. The highest BCUT2D eigenvalue weighted by Gasteiger charge is 2.31. The van der Waals surface area contributed by atoms with Gasteiger partial charge >= 0.3 is 0 Å². The van der Waals surface area contributed by atoms with Crippen LogP contribution in [0.3, 0.4) is 0 Å². The van der Waals surface area contributed by atoms with E-state index in [0.29, 0.717) is 11.3 Å². The van der Waals surface area contributed by atoms with E-state index >= 15 is 0 Å². The lowest BCUT2D eigenvalue weighted by atomic mass is 10.1. The standard InChI is InChI=1S/C21H28N4O8S2/c1-15-6-7-17(25(27)28)14-20(15)24(34(5,29)30)16(2)21(26)22-12-13-33-18-8-10-19(11-9-18)35(31,32)23(3)4/h6-11,14,16H,12-13H2,1-5H3,(H,22,26). The fraction of sp³-hybridized carbons (Fsp3) is 0.381. The van der Waals surface area contributed by atoms with Gasteiger partial charge in [-0.3, -0.25) is 19.2 Å². The van der Waals surface area contributed by atoms with Crippen molar-refractivity contribution in [1.82, 2.24) is 9.62 Å². The summed E-state index contributed by atoms with van der Waals surface area (Å²) in [5.41, 5.74) is 0.182. The average Bonchev–Trinajstić information content (AvgIpc) is 2.77. The Balaban J connectivity index is 2.05. The van der Waals surface area contributed by atoms with E-state index in [-0.39, 0.29) is 29.4 Å². The number of aryl methyl sites for hydroxylation is 1. The van der Waals surface area contributed by atoms with Crippen molar-refractivity contribution in [3.8, 4) is 5.75 Å². The normalized spacial score (nSPS) is 12.7. The van der Waals surface area contributed by atoms with Crippen LogP contribution in [0.15, 0.2) is 47.4 Å². The van der Waals surface area contributed by atoms with E-state index in [1.165, 1.54) is 57.4 Å². The highest BCUT2D eigenvalue weighted by atomic mass is 32.2. The third kappa shape index (κ3) is 6.90. The molecule has 2 rings (SSSR count). The summed E-state index contributed by atoms with van der Waals surface area (Å²) in [5, 5.41) is 13.7. The number of carbonyl (C=O) groups is 1. The number of non-ortho nitro benzene ring substituents is 1. The van der Waals surface area contributed by atoms with E-state index < -0.39 is 36.9 Å². The summed E-state index contributed by atoms with van der Waals surface area (Å²) in [4.78, 5) is 23.3. The summed E-state index contributed by atoms with van der Waals surface area (Å²) in [7, 11) is -4.67. The highest BCUT2D eigenvalue weighted by Crippen LogP contribution is 2.29. The first-order chi connectivity index (χ1) is 16.2. The molecule has 0 radical (unpaired) electrons. The van der Waals surface area contributed by atoms with Crippen molar-refractivity contribution in [1.29, 1.82) is 0 Å². The minimum absolute atomic E-state index is 0.0342. The van der Waals surface area contributed by atoms with Crippen molar-refractivity contribution >= 4 is 37.3 Å². The predicted molar refractivity (Wildman–Crippen MR) is 130 cm³/mol. The maximum Gasteiger partial charge on any atom is 0.271 e. The van der Waals surface area contributed by atoms with Crippen LogP contribution in [0.5, 0.6) is 5.75 Å². The molecule has 0 saturated carbocycles. The van der Waals surface area contributed by atoms with Gasteiger partial charge in [0.2, 0.25) is 26.0 Å². The summed E-state index contributed by atoms with van der Waals surface area (Å²) < 4.78 is 56.6. The summed E-state index contributed by atoms with van der Waals surface area (Å²) in [6.07, 6.45) is 0.915. The van der Waals surface area contributed by atoms with Gasteiger partial charge in [0.25, 0.3) is 5.69 Å². The molecule has 12 nitrogen and oxygen atoms in total. The molecular weight excluding hydrogens is 500 g/mol. The predicted octanol–water partition coefficient (Wildman–Crippen LogP) is 1.50. The molecule has 0 aliphatic heterocycles. The van der Waals surface area contributed by atoms with Crippen LogP contribution in [0.25, 0.3) is 0 Å². The molecule has 0 spiro atoms. The Kier molecular flexibility index (Phi) is 8.81. The lowest BCUT2D eigenvalue weighted by Crippen LogP contribution is -2.48. The molecule has 1 unspecified atom stereocenters. The molecule has 0 fully saturated rings. The number of nitrogens with one attached hydrogen (secondary N) is 1. The second kappa shape index (κ2) is 11.0. The SMILES string of the molecule is Cc1ccc([N+](=O)[O-])cc1N(C(C)C(=O)NCCOc1ccc(S(=O)(=O)N(C)C)cc1)S(C)(=O)=O. The van der Waals surface area contributed by atoms with Gasteiger partial charge in [-0.2, -0.15) is 0 Å². The minimum Gasteiger partial charge on any atom is -0.492 e. The molecule has 0 aliphatic rings. The molecule has 0 aliphatic carbocycles. The number of nitro benzene ring substituents is 1. The number of hydrogen-bond acceptors (Lipinski definition) is 8. The third-order valence-corrected chi connectivity index (χ3v) is 8.06. The Morgan fingerprint density at radius 1 is 1.11 bits per heavy atom. The number of carbonyl (C=O) groups excluding carboxylic acids is 1. The van der Waals surface area contributed by atoms with Gasteiger partial charge in [-0.15, -0.1) is 0 Å². The lowest BCUT2D eigenvalue weighted by molar-refractivity contribution is -0.384. The van der Waals surface area contributed by atoms with E-state index in [0.717, 1.165) is 20.9 Å². The topological polar surface area (TPSA) is 156 Å². The number of amides is 1. The molecular formula is C21H28N4O8S2. The van der Waals surface area contributed by atoms with Gasteiger partial charge in [-0.05, 0) is 43.7 Å². The first kappa shape index (κ1) is 28.0. The van der Waals surface area contributed by atoms with Gasteiger partial charge in [-0.1, -0.05) is 6.07 Å². The van der Waals surface area contributed by atoms with Crippen LogP contribution in [-0.2, 0) is 24.8 Å². The molecule has 35 heavy (non-hydrogen) atoms. The molecule has 0 bridgehead atoms. The molecule has 1 amide bonds. The summed E-state index contributed by atoms with van der Waals surface area (Å²) in [6.45, 7) is 3.03. The van der Waals surface area contributed by atoms with Gasteiger partial charge in [-0.25, -0.2) is 21.1 Å². The van der Waals surface area contributed by atoms with Crippen molar-refractivity contribution in [2.24, 2.45) is 0 Å². The Morgan fingerprint density at radius 2 is 1.71 bits per heavy atom. The van der Waals surface area contributed by atoms with Crippen LogP contribution >= 0.6 is 0 Å². The summed E-state index contributed by atoms with van der Waals surface area (Å²) in [6, 6.07) is 8.36. The van der Waals surface area contributed by atoms with Gasteiger partial charge in [0.15, 0.2) is 0 Å². The van der Waals surface area contributed by atoms with Gasteiger partial charge in [0.05, 0.1) is 28.3 Å². The molecule has 1 atom stereocenters. The van der Waals surface area contributed by atoms with E-state index in [1.807, 2.05) is 0 Å². The first-order valence-electron chi connectivity index (χ1n) is 10.3. The number of nitrogens with zero attached hydrogens (tertiary/aromatic N) is 3. The fourth-order valence-electron chi connectivity index (χ4n) is 3.14. The molecule has 14 heteroatoms. The lowest BCUT2D eigenvalue weighted by Gasteiger charge is -2.29. The number of rotatable bonds is 11. The number of nitro groups is 1. The Labute approximate surface area is 204 Å². The number of sulfonamides is 2. The van der Waals surface area contributed by atoms with E-state index in [4.69, 9.17) is 4.74 Å². The van der Waals surface area contributed by atoms with Crippen molar-refractivity contribution in [2.75, 3.05) is 37.8 Å². The van der Waals surface area contributed by atoms with Crippen LogP contribution in [0.2, 0.25) is 0 Å². The van der Waals surface area contributed by atoms with Gasteiger partial charge < -0.3 is 10.1 Å². The zero-order valence-electron chi connectivity index (χ0n) is 20.0. The van der Waals surface area contributed by atoms with Gasteiger partial charge in [0, 0.05) is 26.2 Å². The maximum absolute atomic E-state index is 12.7.